The van der Waals surface area contributed by atoms with Gasteiger partial charge in [-0.15, -0.1) is 0 Å². The van der Waals surface area contributed by atoms with Gasteiger partial charge in [0.1, 0.15) is 0 Å². The fraction of sp³-hybridized carbons (Fsp3) is 0.333. The maximum absolute atomic E-state index is 11.7. The molecule has 0 spiro atoms. The predicted octanol–water partition coefficient (Wildman–Crippen LogP) is 2.50. The van der Waals surface area contributed by atoms with E-state index in [1.807, 2.05) is 29.2 Å². The van der Waals surface area contributed by atoms with Crippen LogP contribution in [0.25, 0.3) is 0 Å². The van der Waals surface area contributed by atoms with E-state index < -0.39 is 0 Å². The Morgan fingerprint density at radius 2 is 1.80 bits per heavy atom. The first-order valence-corrected chi connectivity index (χ1v) is 5.24. The molecule has 1 fully saturated rings. The fourth-order valence-electron chi connectivity index (χ4n) is 1.71. The van der Waals surface area contributed by atoms with Crippen molar-refractivity contribution >= 4 is 11.7 Å². The van der Waals surface area contributed by atoms with Crippen molar-refractivity contribution in [2.24, 2.45) is 0 Å². The van der Waals surface area contributed by atoms with Crippen molar-refractivity contribution in [1.82, 2.24) is 4.90 Å². The molecule has 1 saturated heterocycles. The highest BCUT2D eigenvalue weighted by atomic mass is 16.2. The Hall–Kier alpha value is -1.51. The number of amides is 2. The molecular formula is C12H15N2O. The predicted molar refractivity (Wildman–Crippen MR) is 60.7 cm³/mol. The summed E-state index contributed by atoms with van der Waals surface area (Å²) in [5.74, 6) is 0. The molecule has 0 saturated carbocycles. The third-order valence-electron chi connectivity index (χ3n) is 2.60. The zero-order valence-electron chi connectivity index (χ0n) is 8.70. The van der Waals surface area contributed by atoms with Gasteiger partial charge in [-0.3, -0.25) is 0 Å². The van der Waals surface area contributed by atoms with Gasteiger partial charge in [0.25, 0.3) is 0 Å². The Bertz CT molecular complexity index is 339. The smallest absolute Gasteiger partial charge is 0.321 e. The van der Waals surface area contributed by atoms with Crippen LogP contribution in [0.2, 0.25) is 0 Å². The van der Waals surface area contributed by atoms with E-state index in [1.54, 1.807) is 0 Å². The van der Waals surface area contributed by atoms with Crippen LogP contribution in [0.15, 0.2) is 24.3 Å². The molecule has 2 amide bonds. The maximum Gasteiger partial charge on any atom is 0.321 e. The van der Waals surface area contributed by atoms with Crippen LogP contribution in [-0.4, -0.2) is 24.0 Å². The minimum Gasteiger partial charge on any atom is -0.325 e. The summed E-state index contributed by atoms with van der Waals surface area (Å²) in [5.41, 5.74) is 1.79. The lowest BCUT2D eigenvalue weighted by molar-refractivity contribution is 0.222. The van der Waals surface area contributed by atoms with E-state index in [0.29, 0.717) is 0 Å². The lowest BCUT2D eigenvalue weighted by atomic mass is 10.2. The largest absolute Gasteiger partial charge is 0.325 e. The number of benzene rings is 1. The van der Waals surface area contributed by atoms with Gasteiger partial charge in [0, 0.05) is 18.8 Å². The summed E-state index contributed by atoms with van der Waals surface area (Å²) < 4.78 is 0. The molecule has 1 heterocycles. The number of nitrogens with zero attached hydrogens (tertiary/aromatic N) is 1. The average Bonchev–Trinajstić information content (AvgIpc) is 2.74. The topological polar surface area (TPSA) is 32.3 Å². The number of urea groups is 1. The average molecular weight is 203 g/mol. The molecule has 0 unspecified atom stereocenters. The zero-order valence-corrected chi connectivity index (χ0v) is 8.70. The number of nitrogens with one attached hydrogen (secondary N) is 1. The van der Waals surface area contributed by atoms with Crippen LogP contribution in [0, 0.1) is 6.92 Å². The lowest BCUT2D eigenvalue weighted by Crippen LogP contribution is -2.32. The molecule has 1 radical (unpaired) electrons. The van der Waals surface area contributed by atoms with E-state index in [0.717, 1.165) is 37.2 Å². The van der Waals surface area contributed by atoms with Gasteiger partial charge < -0.3 is 10.2 Å². The van der Waals surface area contributed by atoms with Gasteiger partial charge in [-0.25, -0.2) is 4.79 Å². The van der Waals surface area contributed by atoms with Crippen LogP contribution >= 0.6 is 0 Å². The number of likely N-dealkylation sites (tertiary alicyclic amines) is 1. The highest BCUT2D eigenvalue weighted by Gasteiger charge is 2.17. The first-order valence-electron chi connectivity index (χ1n) is 5.24. The maximum atomic E-state index is 11.7. The Kier molecular flexibility index (Phi) is 2.90. The summed E-state index contributed by atoms with van der Waals surface area (Å²) in [6.07, 6.45) is 2.23. The summed E-state index contributed by atoms with van der Waals surface area (Å²) >= 11 is 0. The second kappa shape index (κ2) is 4.34. The van der Waals surface area contributed by atoms with Gasteiger partial charge in [0.2, 0.25) is 0 Å². The highest BCUT2D eigenvalue weighted by molar-refractivity contribution is 5.89. The molecule has 0 bridgehead atoms. The van der Waals surface area contributed by atoms with E-state index in [1.165, 1.54) is 0 Å². The van der Waals surface area contributed by atoms with Crippen molar-refractivity contribution in [3.8, 4) is 0 Å². The molecule has 79 valence electrons. The molecule has 2 rings (SSSR count). The number of anilines is 1. The molecule has 1 aliphatic heterocycles. The van der Waals surface area contributed by atoms with Crippen LogP contribution in [-0.2, 0) is 0 Å². The first kappa shape index (κ1) is 10.0. The Morgan fingerprint density at radius 3 is 2.40 bits per heavy atom. The van der Waals surface area contributed by atoms with E-state index >= 15 is 0 Å². The van der Waals surface area contributed by atoms with Gasteiger partial charge in [0.15, 0.2) is 0 Å². The normalized spacial score (nSPS) is 15.4. The van der Waals surface area contributed by atoms with Crippen molar-refractivity contribution in [1.29, 1.82) is 0 Å². The second-order valence-corrected chi connectivity index (χ2v) is 3.82. The van der Waals surface area contributed by atoms with Crippen molar-refractivity contribution in [3.05, 3.63) is 36.8 Å². The van der Waals surface area contributed by atoms with Crippen molar-refractivity contribution in [3.63, 3.8) is 0 Å². The minimum absolute atomic E-state index is 0.00399. The number of carbonyl (C=O) groups excluding carboxylic acids is 1. The van der Waals surface area contributed by atoms with Crippen LogP contribution in [0.5, 0.6) is 0 Å². The van der Waals surface area contributed by atoms with E-state index in [4.69, 9.17) is 0 Å². The Labute approximate surface area is 90.1 Å². The molecular weight excluding hydrogens is 188 g/mol. The Morgan fingerprint density at radius 1 is 1.20 bits per heavy atom. The standard InChI is InChI=1S/C12H15N2O/c1-10-4-6-11(7-5-10)13-12(15)14-8-2-3-9-14/h4-7H,1-3,8-9H2,(H,13,15). The SMILES string of the molecule is [CH2]c1ccc(NC(=O)N2CCCC2)cc1. The van der Waals surface area contributed by atoms with Gasteiger partial charge in [0.05, 0.1) is 0 Å². The lowest BCUT2D eigenvalue weighted by Gasteiger charge is -2.16. The minimum atomic E-state index is 0.00399. The van der Waals surface area contributed by atoms with Gasteiger partial charge in [-0.2, -0.15) is 0 Å². The number of carbonyl (C=O) groups is 1. The molecule has 15 heavy (non-hydrogen) atoms. The first-order chi connectivity index (χ1) is 7.25. The number of rotatable bonds is 1. The third kappa shape index (κ3) is 2.49. The summed E-state index contributed by atoms with van der Waals surface area (Å²) in [4.78, 5) is 13.5. The van der Waals surface area contributed by atoms with Crippen LogP contribution in [0.1, 0.15) is 18.4 Å². The molecule has 3 heteroatoms. The van der Waals surface area contributed by atoms with Crippen LogP contribution in [0.4, 0.5) is 10.5 Å². The summed E-state index contributed by atoms with van der Waals surface area (Å²) in [6.45, 7) is 5.54. The van der Waals surface area contributed by atoms with E-state index in [9.17, 15) is 4.79 Å². The molecule has 1 aliphatic rings. The monoisotopic (exact) mass is 203 g/mol. The third-order valence-corrected chi connectivity index (χ3v) is 2.60. The summed E-state index contributed by atoms with van der Waals surface area (Å²) in [7, 11) is 0. The quantitative estimate of drug-likeness (QED) is 0.747. The molecule has 3 nitrogen and oxygen atoms in total. The summed E-state index contributed by atoms with van der Waals surface area (Å²) in [5, 5.41) is 2.87. The second-order valence-electron chi connectivity index (χ2n) is 3.82. The fourth-order valence-corrected chi connectivity index (χ4v) is 1.71. The molecule has 0 atom stereocenters. The molecule has 1 aromatic rings. The molecule has 0 aliphatic carbocycles. The van der Waals surface area contributed by atoms with Crippen molar-refractivity contribution in [2.75, 3.05) is 18.4 Å². The van der Waals surface area contributed by atoms with Gasteiger partial charge in [-0.1, -0.05) is 12.1 Å². The molecule has 0 aromatic heterocycles. The van der Waals surface area contributed by atoms with Crippen LogP contribution in [0.3, 0.4) is 0 Å². The van der Waals surface area contributed by atoms with Crippen LogP contribution < -0.4 is 5.32 Å². The Balaban J connectivity index is 1.96. The van der Waals surface area contributed by atoms with E-state index in [2.05, 4.69) is 12.2 Å². The van der Waals surface area contributed by atoms with Crippen molar-refractivity contribution in [2.45, 2.75) is 12.8 Å². The zero-order chi connectivity index (χ0) is 10.7. The van der Waals surface area contributed by atoms with Crippen molar-refractivity contribution < 1.29 is 4.79 Å². The van der Waals surface area contributed by atoms with E-state index in [-0.39, 0.29) is 6.03 Å². The highest BCUT2D eigenvalue weighted by Crippen LogP contribution is 2.12. The number of hydrogen-bond donors (Lipinski definition) is 1. The molecule has 1 aromatic carbocycles. The molecule has 1 N–H and O–H groups in total. The number of hydrogen-bond acceptors (Lipinski definition) is 1. The van der Waals surface area contributed by atoms with Gasteiger partial charge >= 0.3 is 6.03 Å². The van der Waals surface area contributed by atoms with Gasteiger partial charge in [-0.05, 0) is 37.5 Å². The summed E-state index contributed by atoms with van der Waals surface area (Å²) in [6, 6.07) is 7.52.